The van der Waals surface area contributed by atoms with Crippen LogP contribution in [0.1, 0.15) is 33.1 Å². The summed E-state index contributed by atoms with van der Waals surface area (Å²) in [5.74, 6) is 0. The minimum Gasteiger partial charge on any atom is -0.395 e. The Bertz CT molecular complexity index is 212. The van der Waals surface area contributed by atoms with E-state index in [0.29, 0.717) is 12.1 Å². The van der Waals surface area contributed by atoms with E-state index in [1.165, 1.54) is 24.8 Å². The second-order valence-corrected chi connectivity index (χ2v) is 5.06. The quantitative estimate of drug-likeness (QED) is 0.614. The Morgan fingerprint density at radius 2 is 2.19 bits per heavy atom. The molecule has 1 rings (SSSR count). The summed E-state index contributed by atoms with van der Waals surface area (Å²) in [4.78, 5) is 2.37. The molecule has 0 aromatic rings. The molecule has 0 amide bonds. The fourth-order valence-electron chi connectivity index (χ4n) is 1.96. The first-order valence-corrected chi connectivity index (χ1v) is 6.38. The molecule has 0 spiro atoms. The summed E-state index contributed by atoms with van der Waals surface area (Å²) >= 11 is 0. The first-order valence-electron chi connectivity index (χ1n) is 6.38. The van der Waals surface area contributed by atoms with Crippen molar-refractivity contribution in [1.82, 2.24) is 10.2 Å². The van der Waals surface area contributed by atoms with E-state index in [4.69, 9.17) is 5.11 Å². The highest BCUT2D eigenvalue weighted by atomic mass is 16.3. The van der Waals surface area contributed by atoms with Gasteiger partial charge < -0.3 is 10.4 Å². The van der Waals surface area contributed by atoms with E-state index in [-0.39, 0.29) is 6.61 Å². The zero-order valence-electron chi connectivity index (χ0n) is 10.7. The molecule has 0 saturated heterocycles. The van der Waals surface area contributed by atoms with E-state index in [1.807, 2.05) is 0 Å². The van der Waals surface area contributed by atoms with E-state index in [9.17, 15) is 0 Å². The van der Waals surface area contributed by atoms with Crippen molar-refractivity contribution in [3.63, 3.8) is 0 Å². The molecule has 3 nitrogen and oxygen atoms in total. The Morgan fingerprint density at radius 3 is 2.62 bits per heavy atom. The standard InChI is InChI=1S/C13H26N2O/c1-11(2)14-9-12(3)10-15(7-8-16)13-5-4-6-13/h11,13-14,16H,3-10H2,1-2H3. The number of aliphatic hydroxyl groups excluding tert-OH is 1. The molecule has 0 atom stereocenters. The van der Waals surface area contributed by atoms with Gasteiger partial charge in [0.1, 0.15) is 0 Å². The number of rotatable bonds is 8. The molecule has 94 valence electrons. The first kappa shape index (κ1) is 13.7. The summed E-state index contributed by atoms with van der Waals surface area (Å²) in [6.45, 7) is 11.2. The molecule has 2 N–H and O–H groups in total. The maximum atomic E-state index is 9.05. The predicted molar refractivity (Wildman–Crippen MR) is 68.6 cm³/mol. The predicted octanol–water partition coefficient (Wildman–Crippen LogP) is 1.39. The van der Waals surface area contributed by atoms with Crippen LogP contribution in [0.15, 0.2) is 12.2 Å². The van der Waals surface area contributed by atoms with Crippen LogP contribution in [0.3, 0.4) is 0 Å². The van der Waals surface area contributed by atoms with Crippen LogP contribution < -0.4 is 5.32 Å². The minimum absolute atomic E-state index is 0.251. The molecule has 0 aliphatic heterocycles. The lowest BCUT2D eigenvalue weighted by Gasteiger charge is -2.37. The fourth-order valence-corrected chi connectivity index (χ4v) is 1.96. The lowest BCUT2D eigenvalue weighted by atomic mass is 9.91. The molecule has 1 fully saturated rings. The highest BCUT2D eigenvalue weighted by Crippen LogP contribution is 2.24. The average molecular weight is 226 g/mol. The Balaban J connectivity index is 2.26. The van der Waals surface area contributed by atoms with Crippen molar-refractivity contribution >= 4 is 0 Å². The van der Waals surface area contributed by atoms with E-state index in [2.05, 4.69) is 30.6 Å². The van der Waals surface area contributed by atoms with Gasteiger partial charge in [0.15, 0.2) is 0 Å². The molecule has 3 heteroatoms. The third-order valence-corrected chi connectivity index (χ3v) is 3.17. The van der Waals surface area contributed by atoms with Crippen molar-refractivity contribution in [2.75, 3.05) is 26.2 Å². The van der Waals surface area contributed by atoms with Crippen LogP contribution in [0.5, 0.6) is 0 Å². The SMILES string of the molecule is C=C(CNC(C)C)CN(CCO)C1CCC1. The minimum atomic E-state index is 0.251. The van der Waals surface area contributed by atoms with Crippen LogP contribution in [-0.4, -0.2) is 48.3 Å². The van der Waals surface area contributed by atoms with Gasteiger partial charge in [0.05, 0.1) is 6.61 Å². The average Bonchev–Trinajstić information content (AvgIpc) is 2.12. The lowest BCUT2D eigenvalue weighted by molar-refractivity contribution is 0.111. The molecule has 0 aromatic heterocycles. The van der Waals surface area contributed by atoms with Crippen LogP contribution in [0.2, 0.25) is 0 Å². The molecule has 1 aliphatic carbocycles. The van der Waals surface area contributed by atoms with Gasteiger partial charge in [0.2, 0.25) is 0 Å². The van der Waals surface area contributed by atoms with Gasteiger partial charge in [-0.25, -0.2) is 0 Å². The zero-order chi connectivity index (χ0) is 12.0. The topological polar surface area (TPSA) is 35.5 Å². The lowest BCUT2D eigenvalue weighted by Crippen LogP contribution is -2.43. The number of aliphatic hydroxyl groups is 1. The maximum absolute atomic E-state index is 9.05. The van der Waals surface area contributed by atoms with Crippen LogP contribution in [0.25, 0.3) is 0 Å². The molecule has 0 unspecified atom stereocenters. The normalized spacial score (nSPS) is 16.8. The summed E-state index contributed by atoms with van der Waals surface area (Å²) in [6, 6.07) is 1.19. The van der Waals surface area contributed by atoms with E-state index in [1.54, 1.807) is 0 Å². The van der Waals surface area contributed by atoms with Crippen LogP contribution in [0.4, 0.5) is 0 Å². The third kappa shape index (κ3) is 4.64. The molecule has 0 radical (unpaired) electrons. The summed E-state index contributed by atoms with van der Waals surface area (Å²) in [5, 5.41) is 12.4. The molecule has 0 aromatic carbocycles. The Morgan fingerprint density at radius 1 is 1.50 bits per heavy atom. The van der Waals surface area contributed by atoms with Crippen molar-refractivity contribution < 1.29 is 5.11 Å². The monoisotopic (exact) mass is 226 g/mol. The second kappa shape index (κ2) is 7.05. The van der Waals surface area contributed by atoms with Gasteiger partial charge in [-0.1, -0.05) is 26.8 Å². The highest BCUT2D eigenvalue weighted by molar-refractivity contribution is 5.01. The number of hydrogen-bond donors (Lipinski definition) is 2. The first-order chi connectivity index (χ1) is 7.63. The molecular formula is C13H26N2O. The maximum Gasteiger partial charge on any atom is 0.0558 e. The third-order valence-electron chi connectivity index (χ3n) is 3.17. The number of nitrogens with zero attached hydrogens (tertiary/aromatic N) is 1. The largest absolute Gasteiger partial charge is 0.395 e. The van der Waals surface area contributed by atoms with Crippen LogP contribution >= 0.6 is 0 Å². The Hall–Kier alpha value is -0.380. The molecular weight excluding hydrogens is 200 g/mol. The van der Waals surface area contributed by atoms with Gasteiger partial charge >= 0.3 is 0 Å². The van der Waals surface area contributed by atoms with Crippen LogP contribution in [0, 0.1) is 0 Å². The van der Waals surface area contributed by atoms with Gasteiger partial charge in [-0.3, -0.25) is 4.90 Å². The summed E-state index contributed by atoms with van der Waals surface area (Å²) in [6.07, 6.45) is 3.90. The summed E-state index contributed by atoms with van der Waals surface area (Å²) < 4.78 is 0. The van der Waals surface area contributed by atoms with Crippen LogP contribution in [-0.2, 0) is 0 Å². The second-order valence-electron chi connectivity index (χ2n) is 5.06. The summed E-state index contributed by atoms with van der Waals surface area (Å²) in [5.41, 5.74) is 1.22. The molecule has 16 heavy (non-hydrogen) atoms. The van der Waals surface area contributed by atoms with E-state index >= 15 is 0 Å². The van der Waals surface area contributed by atoms with Gasteiger partial charge in [0.25, 0.3) is 0 Å². The number of nitrogens with one attached hydrogen (secondary N) is 1. The Kier molecular flexibility index (Phi) is 6.03. The van der Waals surface area contributed by atoms with Crippen molar-refractivity contribution in [1.29, 1.82) is 0 Å². The van der Waals surface area contributed by atoms with Gasteiger partial charge in [0, 0.05) is 31.7 Å². The van der Waals surface area contributed by atoms with Gasteiger partial charge in [-0.2, -0.15) is 0 Å². The highest BCUT2D eigenvalue weighted by Gasteiger charge is 2.24. The molecule has 1 aliphatic rings. The smallest absolute Gasteiger partial charge is 0.0558 e. The van der Waals surface area contributed by atoms with E-state index in [0.717, 1.165) is 19.6 Å². The van der Waals surface area contributed by atoms with Crippen molar-refractivity contribution in [2.45, 2.75) is 45.2 Å². The fraction of sp³-hybridized carbons (Fsp3) is 0.846. The molecule has 0 heterocycles. The summed E-state index contributed by atoms with van der Waals surface area (Å²) in [7, 11) is 0. The van der Waals surface area contributed by atoms with Gasteiger partial charge in [-0.15, -0.1) is 0 Å². The Labute approximate surface area is 99.5 Å². The zero-order valence-corrected chi connectivity index (χ0v) is 10.7. The van der Waals surface area contributed by atoms with Crippen molar-refractivity contribution in [2.24, 2.45) is 0 Å². The van der Waals surface area contributed by atoms with Crippen molar-refractivity contribution in [3.8, 4) is 0 Å². The van der Waals surface area contributed by atoms with E-state index < -0.39 is 0 Å². The van der Waals surface area contributed by atoms with Crippen molar-refractivity contribution in [3.05, 3.63) is 12.2 Å². The van der Waals surface area contributed by atoms with Gasteiger partial charge in [-0.05, 0) is 18.4 Å². The molecule has 1 saturated carbocycles. The molecule has 0 bridgehead atoms. The number of hydrogen-bond acceptors (Lipinski definition) is 3.